The predicted molar refractivity (Wildman–Crippen MR) is 93.7 cm³/mol. The van der Waals surface area contributed by atoms with Crippen LogP contribution in [0.2, 0.25) is 0 Å². The molecule has 2 aromatic rings. The smallest absolute Gasteiger partial charge is 0.354 e. The van der Waals surface area contributed by atoms with Crippen LogP contribution in [0, 0.1) is 0 Å². The molecule has 1 aliphatic heterocycles. The molecule has 3 heterocycles. The zero-order valence-corrected chi connectivity index (χ0v) is 15.0. The molecule has 1 aliphatic rings. The van der Waals surface area contributed by atoms with Crippen molar-refractivity contribution in [3.63, 3.8) is 0 Å². The van der Waals surface area contributed by atoms with Gasteiger partial charge in [0.15, 0.2) is 0 Å². The number of anilines is 1. The third kappa shape index (κ3) is 4.05. The second-order valence-corrected chi connectivity index (χ2v) is 6.54. The van der Waals surface area contributed by atoms with Crippen LogP contribution in [-0.4, -0.2) is 45.2 Å². The Morgan fingerprint density at radius 1 is 1.04 bits per heavy atom. The topological polar surface area (TPSA) is 63.4 Å². The van der Waals surface area contributed by atoms with E-state index in [0.717, 1.165) is 16.8 Å². The number of alkyl halides is 3. The number of hydrogen-bond acceptors (Lipinski definition) is 5. The van der Waals surface area contributed by atoms with Crippen LogP contribution >= 0.6 is 0 Å². The van der Waals surface area contributed by atoms with Gasteiger partial charge in [-0.15, -0.1) is 0 Å². The molecular weight excluding hydrogens is 363 g/mol. The monoisotopic (exact) mass is 383 g/mol. The summed E-state index contributed by atoms with van der Waals surface area (Å²) < 4.78 is 40.4. The van der Waals surface area contributed by atoms with Crippen LogP contribution in [-0.2, 0) is 26.8 Å². The van der Waals surface area contributed by atoms with E-state index >= 15 is 0 Å². The molecule has 0 aliphatic carbocycles. The fourth-order valence-corrected chi connectivity index (χ4v) is 3.03. The highest BCUT2D eigenvalue weighted by molar-refractivity contribution is 5.40. The minimum absolute atomic E-state index is 0.347. The molecule has 0 saturated carbocycles. The Morgan fingerprint density at radius 2 is 1.70 bits per heavy atom. The molecule has 10 heteroatoms. The van der Waals surface area contributed by atoms with Crippen LogP contribution in [0.1, 0.15) is 11.3 Å². The van der Waals surface area contributed by atoms with Gasteiger partial charge in [0.2, 0.25) is 0 Å². The fourth-order valence-electron chi connectivity index (χ4n) is 3.03. The standard InChI is InChI=1S/C17H20F3N5O2/c1-22-13(9-15(26)23(2)16(22)27)11-24-5-7-25(8-6-24)14-4-3-12(10-21-14)17(18,19)20/h3-4,9-10H,5-8,11H2,1-2H3. The van der Waals surface area contributed by atoms with Crippen molar-refractivity contribution in [2.45, 2.75) is 12.7 Å². The predicted octanol–water partition coefficient (Wildman–Crippen LogP) is 0.820. The maximum absolute atomic E-state index is 12.6. The number of hydrogen-bond donors (Lipinski definition) is 0. The molecule has 3 rings (SSSR count). The van der Waals surface area contributed by atoms with E-state index in [-0.39, 0.29) is 11.2 Å². The van der Waals surface area contributed by atoms with Gasteiger partial charge >= 0.3 is 11.9 Å². The lowest BCUT2D eigenvalue weighted by Crippen LogP contribution is -2.47. The molecule has 0 aromatic carbocycles. The molecule has 0 spiro atoms. The molecule has 2 aromatic heterocycles. The second-order valence-electron chi connectivity index (χ2n) is 6.54. The van der Waals surface area contributed by atoms with E-state index in [1.165, 1.54) is 23.7 Å². The van der Waals surface area contributed by atoms with Gasteiger partial charge in [-0.1, -0.05) is 0 Å². The summed E-state index contributed by atoms with van der Waals surface area (Å²) in [7, 11) is 3.06. The molecular formula is C17H20F3N5O2. The van der Waals surface area contributed by atoms with E-state index in [9.17, 15) is 22.8 Å². The zero-order valence-electron chi connectivity index (χ0n) is 15.0. The molecule has 7 nitrogen and oxygen atoms in total. The Hall–Kier alpha value is -2.62. The third-order valence-corrected chi connectivity index (χ3v) is 4.78. The van der Waals surface area contributed by atoms with E-state index in [1.807, 2.05) is 4.90 Å². The molecule has 0 amide bonds. The van der Waals surface area contributed by atoms with Gasteiger partial charge in [-0.3, -0.25) is 18.8 Å². The summed E-state index contributed by atoms with van der Waals surface area (Å²) in [6.45, 7) is 2.93. The summed E-state index contributed by atoms with van der Waals surface area (Å²) in [6, 6.07) is 3.86. The molecule has 27 heavy (non-hydrogen) atoms. The van der Waals surface area contributed by atoms with Crippen molar-refractivity contribution >= 4 is 5.82 Å². The van der Waals surface area contributed by atoms with Gasteiger partial charge in [0.25, 0.3) is 5.56 Å². The van der Waals surface area contributed by atoms with Gasteiger partial charge in [-0.25, -0.2) is 9.78 Å². The van der Waals surface area contributed by atoms with Crippen LogP contribution in [0.5, 0.6) is 0 Å². The van der Waals surface area contributed by atoms with Crippen LogP contribution in [0.3, 0.4) is 0 Å². The first-order chi connectivity index (χ1) is 12.7. The third-order valence-electron chi connectivity index (χ3n) is 4.78. The molecule has 0 unspecified atom stereocenters. The number of rotatable bonds is 3. The van der Waals surface area contributed by atoms with E-state index in [4.69, 9.17) is 0 Å². The molecule has 1 fully saturated rings. The van der Waals surface area contributed by atoms with Gasteiger partial charge in [0.1, 0.15) is 5.82 Å². The SMILES string of the molecule is Cn1c(CN2CCN(c3ccc(C(F)(F)F)cn3)CC2)cc(=O)n(C)c1=O. The van der Waals surface area contributed by atoms with Gasteiger partial charge in [-0.05, 0) is 12.1 Å². The van der Waals surface area contributed by atoms with Gasteiger partial charge in [0, 0.05) is 64.8 Å². The highest BCUT2D eigenvalue weighted by Gasteiger charge is 2.31. The van der Waals surface area contributed by atoms with Crippen LogP contribution < -0.4 is 16.1 Å². The van der Waals surface area contributed by atoms with Gasteiger partial charge < -0.3 is 4.90 Å². The highest BCUT2D eigenvalue weighted by Crippen LogP contribution is 2.29. The van der Waals surface area contributed by atoms with Crippen molar-refractivity contribution < 1.29 is 13.2 Å². The Labute approximate surface area is 153 Å². The first kappa shape index (κ1) is 19.2. The van der Waals surface area contributed by atoms with Crippen molar-refractivity contribution in [2.24, 2.45) is 14.1 Å². The van der Waals surface area contributed by atoms with Crippen molar-refractivity contribution in [3.05, 3.63) is 56.5 Å². The quantitative estimate of drug-likeness (QED) is 0.785. The maximum Gasteiger partial charge on any atom is 0.417 e. The summed E-state index contributed by atoms with van der Waals surface area (Å²) in [5.74, 6) is 0.503. The summed E-state index contributed by atoms with van der Waals surface area (Å²) in [5.41, 5.74) is -0.855. The number of aromatic nitrogens is 3. The largest absolute Gasteiger partial charge is 0.417 e. The van der Waals surface area contributed by atoms with E-state index in [0.29, 0.717) is 44.2 Å². The first-order valence-electron chi connectivity index (χ1n) is 8.43. The Morgan fingerprint density at radius 3 is 2.26 bits per heavy atom. The summed E-state index contributed by atoms with van der Waals surface area (Å²) in [4.78, 5) is 31.8. The highest BCUT2D eigenvalue weighted by atomic mass is 19.4. The minimum Gasteiger partial charge on any atom is -0.354 e. The van der Waals surface area contributed by atoms with E-state index in [1.54, 1.807) is 7.05 Å². The molecule has 0 atom stereocenters. The summed E-state index contributed by atoms with van der Waals surface area (Å²) >= 11 is 0. The number of nitrogens with zero attached hydrogens (tertiary/aromatic N) is 5. The number of pyridine rings is 1. The Kier molecular flexibility index (Phi) is 5.09. The van der Waals surface area contributed by atoms with Crippen LogP contribution in [0.25, 0.3) is 0 Å². The van der Waals surface area contributed by atoms with Crippen LogP contribution in [0.15, 0.2) is 34.0 Å². The minimum atomic E-state index is -4.40. The van der Waals surface area contributed by atoms with Crippen molar-refractivity contribution in [2.75, 3.05) is 31.1 Å². The number of halogens is 3. The lowest BCUT2D eigenvalue weighted by atomic mass is 10.2. The lowest BCUT2D eigenvalue weighted by molar-refractivity contribution is -0.137. The van der Waals surface area contributed by atoms with Crippen molar-refractivity contribution in [3.8, 4) is 0 Å². The molecule has 0 bridgehead atoms. The summed E-state index contributed by atoms with van der Waals surface area (Å²) in [6.07, 6.45) is -3.55. The normalized spacial score (nSPS) is 16.0. The average Bonchev–Trinajstić information content (AvgIpc) is 2.64. The number of piperazine rings is 1. The molecule has 146 valence electrons. The maximum atomic E-state index is 12.6. The summed E-state index contributed by atoms with van der Waals surface area (Å²) in [5, 5.41) is 0. The molecule has 0 radical (unpaired) electrons. The van der Waals surface area contributed by atoms with Crippen molar-refractivity contribution in [1.82, 2.24) is 19.0 Å². The van der Waals surface area contributed by atoms with Gasteiger partial charge in [0.05, 0.1) is 5.56 Å². The van der Waals surface area contributed by atoms with Crippen molar-refractivity contribution in [1.29, 1.82) is 0 Å². The van der Waals surface area contributed by atoms with E-state index in [2.05, 4.69) is 9.88 Å². The van der Waals surface area contributed by atoms with Gasteiger partial charge in [-0.2, -0.15) is 13.2 Å². The first-order valence-corrected chi connectivity index (χ1v) is 8.43. The Balaban J connectivity index is 1.64. The lowest BCUT2D eigenvalue weighted by Gasteiger charge is -2.35. The van der Waals surface area contributed by atoms with E-state index < -0.39 is 11.7 Å². The zero-order chi connectivity index (χ0) is 19.8. The molecule has 1 saturated heterocycles. The second kappa shape index (κ2) is 7.18. The molecule has 0 N–H and O–H groups in total. The average molecular weight is 383 g/mol. The van der Waals surface area contributed by atoms with Crippen LogP contribution in [0.4, 0.5) is 19.0 Å². The fraction of sp³-hybridized carbons (Fsp3) is 0.471. The Bertz CT molecular complexity index is 926.